The van der Waals surface area contributed by atoms with E-state index in [4.69, 9.17) is 9.47 Å². The van der Waals surface area contributed by atoms with Gasteiger partial charge in [0.15, 0.2) is 0 Å². The molecule has 1 aromatic heterocycles. The Kier molecular flexibility index (Phi) is 4.35. The van der Waals surface area contributed by atoms with Gasteiger partial charge in [-0.05, 0) is 12.1 Å². The number of anilines is 1. The minimum Gasteiger partial charge on any atom is -0.494 e. The van der Waals surface area contributed by atoms with Crippen molar-refractivity contribution >= 4 is 5.95 Å². The third kappa shape index (κ3) is 3.03. The average molecular weight is 265 g/mol. The number of aromatic nitrogens is 2. The number of nitrogens with one attached hydrogen (secondary N) is 1. The van der Waals surface area contributed by atoms with Crippen molar-refractivity contribution in [3.63, 3.8) is 0 Å². The quantitative estimate of drug-likeness (QED) is 0.812. The van der Waals surface area contributed by atoms with Crippen LogP contribution in [0.1, 0.15) is 0 Å². The van der Waals surface area contributed by atoms with E-state index in [0.29, 0.717) is 24.8 Å². The van der Waals surface area contributed by atoms with Gasteiger partial charge in [0.05, 0.1) is 19.4 Å². The monoisotopic (exact) mass is 265 g/mol. The molecule has 1 heterocycles. The highest BCUT2D eigenvalue weighted by Crippen LogP contribution is 2.26. The molecule has 6 heteroatoms. The van der Waals surface area contributed by atoms with Crippen LogP contribution in [0.3, 0.4) is 0 Å². The molecule has 0 unspecified atom stereocenters. The zero-order chi connectivity index (χ0) is 13.7. The second-order valence-electron chi connectivity index (χ2n) is 3.86. The number of halogens is 1. The molecule has 0 bridgehead atoms. The van der Waals surface area contributed by atoms with Crippen molar-refractivity contribution in [2.45, 2.75) is 0 Å². The van der Waals surface area contributed by atoms with Crippen LogP contribution in [0, 0.1) is 5.82 Å². The van der Waals surface area contributed by atoms with Crippen molar-refractivity contribution in [3.05, 3.63) is 36.4 Å². The van der Waals surface area contributed by atoms with Crippen LogP contribution >= 0.6 is 0 Å². The van der Waals surface area contributed by atoms with Crippen LogP contribution in [-0.4, -0.2) is 36.9 Å². The van der Waals surface area contributed by atoms with E-state index in [2.05, 4.69) is 10.3 Å². The Labute approximate surface area is 111 Å². The zero-order valence-corrected chi connectivity index (χ0v) is 10.9. The van der Waals surface area contributed by atoms with Crippen molar-refractivity contribution in [2.75, 3.05) is 32.7 Å². The van der Waals surface area contributed by atoms with Gasteiger partial charge in [0.2, 0.25) is 5.95 Å². The summed E-state index contributed by atoms with van der Waals surface area (Å²) in [5.41, 5.74) is 0.723. The van der Waals surface area contributed by atoms with E-state index < -0.39 is 0 Å². The highest BCUT2D eigenvalue weighted by Gasteiger charge is 2.10. The highest BCUT2D eigenvalue weighted by molar-refractivity contribution is 5.51. The smallest absolute Gasteiger partial charge is 0.207 e. The summed E-state index contributed by atoms with van der Waals surface area (Å²) in [6, 6.07) is 4.38. The summed E-state index contributed by atoms with van der Waals surface area (Å²) in [5.74, 6) is 0.768. The Balaban J connectivity index is 2.29. The molecule has 0 saturated heterocycles. The standard InChI is InChI=1S/C13H16FN3O2/c1-18-8-6-16-13-15-5-7-17(13)11-4-3-10(14)9-12(11)19-2/h3-5,7,9H,6,8H2,1-2H3,(H,15,16). The van der Waals surface area contributed by atoms with Gasteiger partial charge in [0.1, 0.15) is 11.6 Å². The van der Waals surface area contributed by atoms with E-state index in [9.17, 15) is 4.39 Å². The molecule has 0 saturated carbocycles. The van der Waals surface area contributed by atoms with Crippen LogP contribution < -0.4 is 10.1 Å². The summed E-state index contributed by atoms with van der Waals surface area (Å²) in [5, 5.41) is 3.14. The first-order valence-electron chi connectivity index (χ1n) is 5.86. The lowest BCUT2D eigenvalue weighted by atomic mass is 10.3. The second-order valence-corrected chi connectivity index (χ2v) is 3.86. The van der Waals surface area contributed by atoms with Gasteiger partial charge < -0.3 is 14.8 Å². The minimum absolute atomic E-state index is 0.338. The van der Waals surface area contributed by atoms with Crippen LogP contribution in [0.5, 0.6) is 5.75 Å². The fourth-order valence-electron chi connectivity index (χ4n) is 1.74. The first kappa shape index (κ1) is 13.4. The molecule has 102 valence electrons. The van der Waals surface area contributed by atoms with Crippen molar-refractivity contribution in [1.29, 1.82) is 0 Å². The molecule has 2 aromatic rings. The van der Waals surface area contributed by atoms with Crippen LogP contribution in [0.2, 0.25) is 0 Å². The van der Waals surface area contributed by atoms with Crippen LogP contribution in [0.15, 0.2) is 30.6 Å². The Bertz CT molecular complexity index is 542. The maximum atomic E-state index is 13.2. The third-order valence-corrected chi connectivity index (χ3v) is 2.63. The largest absolute Gasteiger partial charge is 0.494 e. The Morgan fingerprint density at radius 1 is 1.37 bits per heavy atom. The van der Waals surface area contributed by atoms with Gasteiger partial charge in [0.25, 0.3) is 0 Å². The number of hydrogen-bond donors (Lipinski definition) is 1. The summed E-state index contributed by atoms with van der Waals surface area (Å²) >= 11 is 0. The molecule has 0 fully saturated rings. The predicted octanol–water partition coefficient (Wildman–Crippen LogP) is 2.08. The number of imidazole rings is 1. The lowest BCUT2D eigenvalue weighted by molar-refractivity contribution is 0.210. The van der Waals surface area contributed by atoms with E-state index in [1.807, 2.05) is 0 Å². The Morgan fingerprint density at radius 2 is 2.21 bits per heavy atom. The fourth-order valence-corrected chi connectivity index (χ4v) is 1.74. The molecule has 1 aromatic carbocycles. The van der Waals surface area contributed by atoms with E-state index in [0.717, 1.165) is 5.69 Å². The molecule has 0 spiro atoms. The normalized spacial score (nSPS) is 10.5. The molecule has 2 rings (SSSR count). The van der Waals surface area contributed by atoms with E-state index in [1.165, 1.54) is 19.2 Å². The summed E-state index contributed by atoms with van der Waals surface area (Å²) in [7, 11) is 3.14. The molecule has 1 N–H and O–H groups in total. The van der Waals surface area contributed by atoms with Gasteiger partial charge in [-0.1, -0.05) is 0 Å². The van der Waals surface area contributed by atoms with Crippen molar-refractivity contribution < 1.29 is 13.9 Å². The minimum atomic E-state index is -0.338. The third-order valence-electron chi connectivity index (χ3n) is 2.63. The molecule has 0 aliphatic heterocycles. The summed E-state index contributed by atoms with van der Waals surface area (Å²) in [6.07, 6.45) is 3.45. The first-order valence-corrected chi connectivity index (χ1v) is 5.86. The molecule has 19 heavy (non-hydrogen) atoms. The lowest BCUT2D eigenvalue weighted by Crippen LogP contribution is -2.12. The average Bonchev–Trinajstić information content (AvgIpc) is 2.87. The molecule has 0 amide bonds. The van der Waals surface area contributed by atoms with Gasteiger partial charge in [-0.25, -0.2) is 9.37 Å². The topological polar surface area (TPSA) is 48.3 Å². The SMILES string of the molecule is COCCNc1nccn1-c1ccc(F)cc1OC. The molecule has 0 aliphatic carbocycles. The lowest BCUT2D eigenvalue weighted by Gasteiger charge is -2.13. The van der Waals surface area contributed by atoms with Crippen molar-refractivity contribution in [1.82, 2.24) is 9.55 Å². The Morgan fingerprint density at radius 3 is 2.95 bits per heavy atom. The number of ether oxygens (including phenoxy) is 2. The molecular weight excluding hydrogens is 249 g/mol. The van der Waals surface area contributed by atoms with E-state index >= 15 is 0 Å². The van der Waals surface area contributed by atoms with Crippen molar-refractivity contribution in [3.8, 4) is 11.4 Å². The number of methoxy groups -OCH3 is 2. The van der Waals surface area contributed by atoms with Gasteiger partial charge in [-0.3, -0.25) is 4.57 Å². The van der Waals surface area contributed by atoms with Gasteiger partial charge in [0, 0.05) is 32.1 Å². The number of hydrogen-bond acceptors (Lipinski definition) is 4. The first-order chi connectivity index (χ1) is 9.26. The molecule has 0 radical (unpaired) electrons. The van der Waals surface area contributed by atoms with E-state index in [-0.39, 0.29) is 5.82 Å². The second kappa shape index (κ2) is 6.19. The molecule has 0 aliphatic rings. The van der Waals surface area contributed by atoms with Gasteiger partial charge in [-0.2, -0.15) is 0 Å². The van der Waals surface area contributed by atoms with Crippen LogP contribution in [0.4, 0.5) is 10.3 Å². The number of nitrogens with zero attached hydrogens (tertiary/aromatic N) is 2. The Hall–Kier alpha value is -2.08. The highest BCUT2D eigenvalue weighted by atomic mass is 19.1. The number of rotatable bonds is 6. The van der Waals surface area contributed by atoms with Crippen LogP contribution in [0.25, 0.3) is 5.69 Å². The van der Waals surface area contributed by atoms with Crippen LogP contribution in [-0.2, 0) is 4.74 Å². The van der Waals surface area contributed by atoms with Gasteiger partial charge in [-0.15, -0.1) is 0 Å². The summed E-state index contributed by atoms with van der Waals surface area (Å²) in [6.45, 7) is 1.21. The zero-order valence-electron chi connectivity index (χ0n) is 10.9. The van der Waals surface area contributed by atoms with E-state index in [1.54, 1.807) is 30.1 Å². The fraction of sp³-hybridized carbons (Fsp3) is 0.308. The molecular formula is C13H16FN3O2. The summed E-state index contributed by atoms with van der Waals surface area (Å²) < 4.78 is 25.1. The predicted molar refractivity (Wildman–Crippen MR) is 70.4 cm³/mol. The molecule has 5 nitrogen and oxygen atoms in total. The maximum absolute atomic E-state index is 13.2. The summed E-state index contributed by atoms with van der Waals surface area (Å²) in [4.78, 5) is 4.21. The number of benzene rings is 1. The molecule has 0 atom stereocenters. The maximum Gasteiger partial charge on any atom is 0.207 e. The van der Waals surface area contributed by atoms with Crippen molar-refractivity contribution in [2.24, 2.45) is 0 Å². The van der Waals surface area contributed by atoms with Gasteiger partial charge >= 0.3 is 0 Å².